The Bertz CT molecular complexity index is 828. The first kappa shape index (κ1) is 14.2. The number of aromatic carboxylic acids is 1. The Morgan fingerprint density at radius 3 is 2.68 bits per heavy atom. The fourth-order valence-electron chi connectivity index (χ4n) is 2.77. The molecule has 3 rings (SSSR count). The summed E-state index contributed by atoms with van der Waals surface area (Å²) in [5, 5.41) is 14.1. The lowest BCUT2D eigenvalue weighted by atomic mass is 10.1. The van der Waals surface area contributed by atoms with Crippen LogP contribution in [0.3, 0.4) is 0 Å². The summed E-state index contributed by atoms with van der Waals surface area (Å²) in [4.78, 5) is 13.4. The number of rotatable bonds is 4. The molecular weight excluding hydrogens is 284 g/mol. The lowest BCUT2D eigenvalue weighted by Gasteiger charge is -2.18. The van der Waals surface area contributed by atoms with Gasteiger partial charge in [-0.2, -0.15) is 0 Å². The van der Waals surface area contributed by atoms with Crippen LogP contribution < -0.4 is 4.90 Å². The predicted molar refractivity (Wildman–Crippen MR) is 81.3 cm³/mol. The van der Waals surface area contributed by atoms with Crippen LogP contribution in [0.25, 0.3) is 11.0 Å². The number of furan rings is 1. The maximum absolute atomic E-state index is 11.5. The van der Waals surface area contributed by atoms with Crippen LogP contribution >= 0.6 is 0 Å². The number of carboxylic acid groups (broad SMARTS) is 1. The van der Waals surface area contributed by atoms with E-state index in [9.17, 15) is 9.90 Å². The van der Waals surface area contributed by atoms with Crippen LogP contribution in [0.2, 0.25) is 0 Å². The lowest BCUT2D eigenvalue weighted by molar-refractivity contribution is 0.0663. The normalized spacial score (nSPS) is 11.0. The number of carboxylic acids is 1. The number of hydrogen-bond donors (Lipinski definition) is 1. The van der Waals surface area contributed by atoms with Crippen molar-refractivity contribution in [1.29, 1.82) is 0 Å². The van der Waals surface area contributed by atoms with E-state index in [2.05, 4.69) is 5.16 Å². The van der Waals surface area contributed by atoms with E-state index in [0.717, 1.165) is 16.8 Å². The Kier molecular flexibility index (Phi) is 3.36. The molecule has 0 amide bonds. The van der Waals surface area contributed by atoms with E-state index in [-0.39, 0.29) is 5.76 Å². The fraction of sp³-hybridized carbons (Fsp3) is 0.250. The van der Waals surface area contributed by atoms with Gasteiger partial charge in [-0.15, -0.1) is 0 Å². The van der Waals surface area contributed by atoms with Crippen LogP contribution in [0.4, 0.5) is 5.69 Å². The van der Waals surface area contributed by atoms with Gasteiger partial charge < -0.3 is 18.9 Å². The van der Waals surface area contributed by atoms with Gasteiger partial charge in [0.1, 0.15) is 17.0 Å². The van der Waals surface area contributed by atoms with Crippen LogP contribution in [0, 0.1) is 13.8 Å². The number of hydrogen-bond acceptors (Lipinski definition) is 5. The number of carbonyl (C=O) groups is 1. The second-order valence-electron chi connectivity index (χ2n) is 5.24. The summed E-state index contributed by atoms with van der Waals surface area (Å²) >= 11 is 0. The predicted octanol–water partition coefficient (Wildman–Crippen LogP) is 3.37. The van der Waals surface area contributed by atoms with E-state index in [1.807, 2.05) is 44.0 Å². The van der Waals surface area contributed by atoms with Gasteiger partial charge in [0.05, 0.1) is 0 Å². The maximum Gasteiger partial charge on any atom is 0.372 e. The number of anilines is 1. The van der Waals surface area contributed by atoms with E-state index in [0.29, 0.717) is 23.5 Å². The van der Waals surface area contributed by atoms with E-state index >= 15 is 0 Å². The zero-order valence-electron chi connectivity index (χ0n) is 12.6. The smallest absolute Gasteiger partial charge is 0.372 e. The molecule has 0 aliphatic rings. The molecule has 0 aliphatic heterocycles. The molecule has 0 unspecified atom stereocenters. The van der Waals surface area contributed by atoms with Crippen molar-refractivity contribution in [2.75, 3.05) is 11.9 Å². The number of fused-ring (bicyclic) bond motifs is 1. The number of benzene rings is 1. The molecule has 0 spiro atoms. The van der Waals surface area contributed by atoms with E-state index in [4.69, 9.17) is 8.94 Å². The first-order valence-corrected chi connectivity index (χ1v) is 6.86. The topological polar surface area (TPSA) is 79.7 Å². The minimum absolute atomic E-state index is 0.0280. The molecule has 0 radical (unpaired) electrons. The highest BCUT2D eigenvalue weighted by molar-refractivity contribution is 5.95. The van der Waals surface area contributed by atoms with Crippen LogP contribution in [0.15, 0.2) is 33.2 Å². The second-order valence-corrected chi connectivity index (χ2v) is 5.24. The fourth-order valence-corrected chi connectivity index (χ4v) is 2.77. The summed E-state index contributed by atoms with van der Waals surface area (Å²) < 4.78 is 10.6. The van der Waals surface area contributed by atoms with Gasteiger partial charge in [-0.25, -0.2) is 4.79 Å². The number of para-hydroxylation sites is 1. The minimum atomic E-state index is -1.07. The molecule has 0 saturated heterocycles. The third kappa shape index (κ3) is 2.22. The monoisotopic (exact) mass is 300 g/mol. The molecule has 0 bridgehead atoms. The van der Waals surface area contributed by atoms with Crippen LogP contribution in [0.1, 0.15) is 27.6 Å². The highest BCUT2D eigenvalue weighted by atomic mass is 16.5. The molecule has 114 valence electrons. The Morgan fingerprint density at radius 2 is 2.05 bits per heavy atom. The molecule has 2 aromatic heterocycles. The van der Waals surface area contributed by atoms with Gasteiger partial charge in [-0.3, -0.25) is 0 Å². The first-order chi connectivity index (χ1) is 10.5. The average molecular weight is 300 g/mol. The molecule has 0 fully saturated rings. The molecule has 0 aliphatic carbocycles. The largest absolute Gasteiger partial charge is 0.475 e. The van der Waals surface area contributed by atoms with Gasteiger partial charge >= 0.3 is 5.97 Å². The zero-order chi connectivity index (χ0) is 15.9. The first-order valence-electron chi connectivity index (χ1n) is 6.86. The third-order valence-electron chi connectivity index (χ3n) is 3.67. The third-order valence-corrected chi connectivity index (χ3v) is 3.67. The minimum Gasteiger partial charge on any atom is -0.475 e. The molecule has 2 heterocycles. The van der Waals surface area contributed by atoms with Gasteiger partial charge in [0.2, 0.25) is 5.76 Å². The second kappa shape index (κ2) is 5.22. The van der Waals surface area contributed by atoms with Gasteiger partial charge in [0.25, 0.3) is 0 Å². The van der Waals surface area contributed by atoms with Crippen LogP contribution in [-0.2, 0) is 6.54 Å². The summed E-state index contributed by atoms with van der Waals surface area (Å²) in [6.45, 7) is 4.08. The molecule has 3 aromatic rings. The van der Waals surface area contributed by atoms with Crippen molar-refractivity contribution < 1.29 is 18.8 Å². The number of aromatic nitrogens is 1. The molecule has 6 nitrogen and oxygen atoms in total. The van der Waals surface area contributed by atoms with E-state index in [1.54, 1.807) is 6.07 Å². The van der Waals surface area contributed by atoms with Gasteiger partial charge in [-0.05, 0) is 19.9 Å². The van der Waals surface area contributed by atoms with Crippen LogP contribution in [-0.4, -0.2) is 23.3 Å². The highest BCUT2D eigenvalue weighted by Crippen LogP contribution is 2.30. The van der Waals surface area contributed by atoms with Crippen molar-refractivity contribution >= 4 is 22.6 Å². The van der Waals surface area contributed by atoms with Crippen molar-refractivity contribution in [2.45, 2.75) is 20.4 Å². The molecular formula is C16H16N2O4. The van der Waals surface area contributed by atoms with Crippen molar-refractivity contribution in [3.8, 4) is 0 Å². The Morgan fingerprint density at radius 1 is 1.32 bits per heavy atom. The number of aryl methyl sites for hydroxylation is 2. The van der Waals surface area contributed by atoms with Crippen molar-refractivity contribution in [1.82, 2.24) is 5.16 Å². The van der Waals surface area contributed by atoms with Gasteiger partial charge in [0, 0.05) is 24.5 Å². The summed E-state index contributed by atoms with van der Waals surface area (Å²) in [7, 11) is 1.87. The van der Waals surface area contributed by atoms with E-state index in [1.165, 1.54) is 0 Å². The standard InChI is InChI=1S/C16H16N2O4/c1-9-14(10(2)22-17-9)18(3)8-12-11-6-4-5-7-13(11)21-15(12)16(19)20/h4-7H,8H2,1-3H3,(H,19,20). The summed E-state index contributed by atoms with van der Waals surface area (Å²) in [5.41, 5.74) is 2.85. The molecule has 6 heteroatoms. The quantitative estimate of drug-likeness (QED) is 0.795. The van der Waals surface area contributed by atoms with Gasteiger partial charge in [0.15, 0.2) is 5.76 Å². The summed E-state index contributed by atoms with van der Waals surface area (Å²) in [5.74, 6) is -0.400. The number of nitrogens with zero attached hydrogens (tertiary/aromatic N) is 2. The van der Waals surface area contributed by atoms with Gasteiger partial charge in [-0.1, -0.05) is 23.4 Å². The Labute approximate surface area is 126 Å². The summed E-state index contributed by atoms with van der Waals surface area (Å²) in [6.07, 6.45) is 0. The molecule has 0 atom stereocenters. The van der Waals surface area contributed by atoms with Crippen molar-refractivity contribution in [2.24, 2.45) is 0 Å². The highest BCUT2D eigenvalue weighted by Gasteiger charge is 2.22. The van der Waals surface area contributed by atoms with Crippen molar-refractivity contribution in [3.05, 3.63) is 47.0 Å². The average Bonchev–Trinajstić information content (AvgIpc) is 3.00. The Hall–Kier alpha value is -2.76. The Balaban J connectivity index is 2.06. The molecule has 22 heavy (non-hydrogen) atoms. The summed E-state index contributed by atoms with van der Waals surface area (Å²) in [6, 6.07) is 7.31. The van der Waals surface area contributed by atoms with Crippen LogP contribution in [0.5, 0.6) is 0 Å². The molecule has 1 aromatic carbocycles. The molecule has 1 N–H and O–H groups in total. The molecule has 0 saturated carbocycles. The van der Waals surface area contributed by atoms with E-state index < -0.39 is 5.97 Å². The maximum atomic E-state index is 11.5. The lowest BCUT2D eigenvalue weighted by Crippen LogP contribution is -2.19. The SMILES string of the molecule is Cc1noc(C)c1N(C)Cc1c(C(=O)O)oc2ccccc12. The zero-order valence-corrected chi connectivity index (χ0v) is 12.6. The van der Waals surface area contributed by atoms with Crippen molar-refractivity contribution in [3.63, 3.8) is 0 Å².